The van der Waals surface area contributed by atoms with Crippen molar-refractivity contribution >= 4 is 33.4 Å². The average Bonchev–Trinajstić information content (AvgIpc) is 2.89. The summed E-state index contributed by atoms with van der Waals surface area (Å²) in [6.45, 7) is 0.494. The molecule has 1 fully saturated rings. The van der Waals surface area contributed by atoms with E-state index in [4.69, 9.17) is 0 Å². The Hall–Kier alpha value is -2.21. The standard InChI is InChI=1S/C17H14BrFN2O2/c18-12-3-1-2-11(10-12)16(22)20-15-8-9-21(17(15)23)14-6-4-13(19)5-7-14/h1-7,10,15H,8-9H2,(H,20,22). The number of hydrogen-bond donors (Lipinski definition) is 1. The zero-order valence-corrected chi connectivity index (χ0v) is 13.7. The molecular weight excluding hydrogens is 363 g/mol. The average molecular weight is 377 g/mol. The van der Waals surface area contributed by atoms with Gasteiger partial charge in [0.05, 0.1) is 0 Å². The lowest BCUT2D eigenvalue weighted by atomic mass is 10.2. The topological polar surface area (TPSA) is 49.4 Å². The minimum atomic E-state index is -0.563. The van der Waals surface area contributed by atoms with E-state index in [0.29, 0.717) is 24.2 Å². The lowest BCUT2D eigenvalue weighted by Crippen LogP contribution is -2.41. The second-order valence-electron chi connectivity index (χ2n) is 5.29. The molecule has 6 heteroatoms. The quantitative estimate of drug-likeness (QED) is 0.894. The fraction of sp³-hybridized carbons (Fsp3) is 0.176. The van der Waals surface area contributed by atoms with Gasteiger partial charge in [0.25, 0.3) is 5.91 Å². The Labute approximate surface area is 141 Å². The molecule has 23 heavy (non-hydrogen) atoms. The highest BCUT2D eigenvalue weighted by Crippen LogP contribution is 2.22. The van der Waals surface area contributed by atoms with E-state index in [-0.39, 0.29) is 17.6 Å². The number of anilines is 1. The Morgan fingerprint density at radius 1 is 1.22 bits per heavy atom. The van der Waals surface area contributed by atoms with Crippen molar-refractivity contribution in [3.8, 4) is 0 Å². The van der Waals surface area contributed by atoms with Gasteiger partial charge < -0.3 is 10.2 Å². The number of halogens is 2. The lowest BCUT2D eigenvalue weighted by Gasteiger charge is -2.17. The maximum Gasteiger partial charge on any atom is 0.251 e. The molecule has 2 amide bonds. The first-order valence-electron chi connectivity index (χ1n) is 7.18. The van der Waals surface area contributed by atoms with E-state index in [1.807, 2.05) is 6.07 Å². The molecule has 0 radical (unpaired) electrons. The monoisotopic (exact) mass is 376 g/mol. The van der Waals surface area contributed by atoms with E-state index in [2.05, 4.69) is 21.2 Å². The zero-order chi connectivity index (χ0) is 16.4. The molecule has 0 aromatic heterocycles. The molecule has 1 heterocycles. The normalized spacial score (nSPS) is 17.4. The summed E-state index contributed by atoms with van der Waals surface area (Å²) in [6, 6.07) is 12.2. The van der Waals surface area contributed by atoms with Gasteiger partial charge in [-0.15, -0.1) is 0 Å². The summed E-state index contributed by atoms with van der Waals surface area (Å²) >= 11 is 3.32. The predicted octanol–water partition coefficient (Wildman–Crippen LogP) is 3.12. The number of nitrogens with one attached hydrogen (secondary N) is 1. The molecule has 1 saturated heterocycles. The van der Waals surface area contributed by atoms with Gasteiger partial charge in [0, 0.05) is 22.3 Å². The van der Waals surface area contributed by atoms with Crippen LogP contribution in [0.3, 0.4) is 0 Å². The van der Waals surface area contributed by atoms with Crippen LogP contribution in [0.2, 0.25) is 0 Å². The number of nitrogens with zero attached hydrogens (tertiary/aromatic N) is 1. The molecule has 2 aromatic carbocycles. The molecule has 1 aliphatic rings. The van der Waals surface area contributed by atoms with Gasteiger partial charge in [-0.1, -0.05) is 22.0 Å². The van der Waals surface area contributed by atoms with Crippen molar-refractivity contribution in [1.82, 2.24) is 5.32 Å². The van der Waals surface area contributed by atoms with Crippen LogP contribution in [0.15, 0.2) is 53.0 Å². The minimum absolute atomic E-state index is 0.181. The molecule has 2 aromatic rings. The van der Waals surface area contributed by atoms with Crippen molar-refractivity contribution in [2.24, 2.45) is 0 Å². The van der Waals surface area contributed by atoms with E-state index in [1.165, 1.54) is 12.1 Å². The highest BCUT2D eigenvalue weighted by Gasteiger charge is 2.33. The third kappa shape index (κ3) is 3.42. The lowest BCUT2D eigenvalue weighted by molar-refractivity contribution is -0.118. The molecule has 0 aliphatic carbocycles. The summed E-state index contributed by atoms with van der Waals surface area (Å²) in [5.41, 5.74) is 1.13. The summed E-state index contributed by atoms with van der Waals surface area (Å²) in [6.07, 6.45) is 0.524. The Morgan fingerprint density at radius 2 is 1.96 bits per heavy atom. The Balaban J connectivity index is 1.69. The van der Waals surface area contributed by atoms with E-state index in [0.717, 1.165) is 4.47 Å². The minimum Gasteiger partial charge on any atom is -0.340 e. The van der Waals surface area contributed by atoms with Crippen LogP contribution in [0, 0.1) is 5.82 Å². The first kappa shape index (κ1) is 15.7. The summed E-state index contributed by atoms with van der Waals surface area (Å²) in [5, 5.41) is 2.76. The SMILES string of the molecule is O=C(NC1CCN(c2ccc(F)cc2)C1=O)c1cccc(Br)c1. The third-order valence-corrected chi connectivity index (χ3v) is 4.23. The van der Waals surface area contributed by atoms with Crippen LogP contribution >= 0.6 is 15.9 Å². The van der Waals surface area contributed by atoms with Crippen LogP contribution in [-0.4, -0.2) is 24.4 Å². The Morgan fingerprint density at radius 3 is 2.65 bits per heavy atom. The molecule has 1 aliphatic heterocycles. The second kappa shape index (κ2) is 6.50. The van der Waals surface area contributed by atoms with E-state index in [9.17, 15) is 14.0 Å². The predicted molar refractivity (Wildman–Crippen MR) is 88.8 cm³/mol. The smallest absolute Gasteiger partial charge is 0.251 e. The van der Waals surface area contributed by atoms with E-state index < -0.39 is 6.04 Å². The number of carbonyl (C=O) groups excluding carboxylic acids is 2. The number of amides is 2. The van der Waals surface area contributed by atoms with Gasteiger partial charge in [-0.3, -0.25) is 9.59 Å². The molecule has 1 unspecified atom stereocenters. The molecule has 1 atom stereocenters. The number of carbonyl (C=O) groups is 2. The highest BCUT2D eigenvalue weighted by atomic mass is 79.9. The highest BCUT2D eigenvalue weighted by molar-refractivity contribution is 9.10. The molecule has 0 saturated carbocycles. The molecule has 0 spiro atoms. The summed E-state index contributed by atoms with van der Waals surface area (Å²) in [5.74, 6) is -0.814. The van der Waals surface area contributed by atoms with Gasteiger partial charge in [0.2, 0.25) is 5.91 Å². The largest absolute Gasteiger partial charge is 0.340 e. The molecule has 4 nitrogen and oxygen atoms in total. The van der Waals surface area contributed by atoms with Crippen LogP contribution in [0.4, 0.5) is 10.1 Å². The van der Waals surface area contributed by atoms with E-state index in [1.54, 1.807) is 35.2 Å². The van der Waals surface area contributed by atoms with Crippen LogP contribution in [-0.2, 0) is 4.79 Å². The van der Waals surface area contributed by atoms with Gasteiger partial charge in [0.1, 0.15) is 11.9 Å². The van der Waals surface area contributed by atoms with Crippen molar-refractivity contribution in [1.29, 1.82) is 0 Å². The molecular formula is C17H14BrFN2O2. The Kier molecular flexibility index (Phi) is 4.43. The van der Waals surface area contributed by atoms with Gasteiger partial charge in [-0.25, -0.2) is 4.39 Å². The van der Waals surface area contributed by atoms with Crippen LogP contribution in [0.25, 0.3) is 0 Å². The third-order valence-electron chi connectivity index (χ3n) is 3.74. The number of benzene rings is 2. The summed E-state index contributed by atoms with van der Waals surface area (Å²) in [7, 11) is 0. The van der Waals surface area contributed by atoms with E-state index >= 15 is 0 Å². The van der Waals surface area contributed by atoms with Gasteiger partial charge in [-0.2, -0.15) is 0 Å². The summed E-state index contributed by atoms with van der Waals surface area (Å²) < 4.78 is 13.8. The zero-order valence-electron chi connectivity index (χ0n) is 12.1. The van der Waals surface area contributed by atoms with Gasteiger partial charge in [0.15, 0.2) is 0 Å². The summed E-state index contributed by atoms with van der Waals surface area (Å²) in [4.78, 5) is 26.2. The van der Waals surface area contributed by atoms with Gasteiger partial charge >= 0.3 is 0 Å². The molecule has 3 rings (SSSR count). The maximum absolute atomic E-state index is 13.0. The second-order valence-corrected chi connectivity index (χ2v) is 6.21. The van der Waals surface area contributed by atoms with Gasteiger partial charge in [-0.05, 0) is 48.9 Å². The first-order valence-corrected chi connectivity index (χ1v) is 7.97. The molecule has 1 N–H and O–H groups in total. The first-order chi connectivity index (χ1) is 11.0. The molecule has 118 valence electrons. The Bertz CT molecular complexity index is 749. The maximum atomic E-state index is 13.0. The fourth-order valence-corrected chi connectivity index (χ4v) is 2.96. The number of hydrogen-bond acceptors (Lipinski definition) is 2. The van der Waals surface area contributed by atoms with Crippen molar-refractivity contribution in [3.05, 3.63) is 64.4 Å². The van der Waals surface area contributed by atoms with Crippen LogP contribution in [0.5, 0.6) is 0 Å². The van der Waals surface area contributed by atoms with Crippen molar-refractivity contribution in [3.63, 3.8) is 0 Å². The van der Waals surface area contributed by atoms with Crippen molar-refractivity contribution in [2.45, 2.75) is 12.5 Å². The van der Waals surface area contributed by atoms with Crippen molar-refractivity contribution in [2.75, 3.05) is 11.4 Å². The van der Waals surface area contributed by atoms with Crippen LogP contribution < -0.4 is 10.2 Å². The van der Waals surface area contributed by atoms with Crippen molar-refractivity contribution < 1.29 is 14.0 Å². The molecule has 0 bridgehead atoms. The van der Waals surface area contributed by atoms with Crippen LogP contribution in [0.1, 0.15) is 16.8 Å². The number of rotatable bonds is 3. The fourth-order valence-electron chi connectivity index (χ4n) is 2.56.